The number of anilines is 1. The molecule has 136 valence electrons. The van der Waals surface area contributed by atoms with Gasteiger partial charge in [0.25, 0.3) is 0 Å². The molecule has 1 aliphatic rings. The van der Waals surface area contributed by atoms with Crippen molar-refractivity contribution in [2.75, 3.05) is 18.0 Å². The zero-order chi connectivity index (χ0) is 18.5. The molecule has 0 spiro atoms. The van der Waals surface area contributed by atoms with Crippen LogP contribution in [0.5, 0.6) is 0 Å². The van der Waals surface area contributed by atoms with Gasteiger partial charge in [0.15, 0.2) is 0 Å². The Morgan fingerprint density at radius 1 is 1.15 bits per heavy atom. The molecular weight excluding hydrogens is 335 g/mol. The van der Waals surface area contributed by atoms with E-state index >= 15 is 0 Å². The molecule has 0 radical (unpaired) electrons. The predicted molar refractivity (Wildman–Crippen MR) is 96.1 cm³/mol. The van der Waals surface area contributed by atoms with Gasteiger partial charge in [-0.3, -0.25) is 4.79 Å². The summed E-state index contributed by atoms with van der Waals surface area (Å²) >= 11 is 0. The zero-order valence-electron chi connectivity index (χ0n) is 14.4. The van der Waals surface area contributed by atoms with Crippen molar-refractivity contribution in [3.05, 3.63) is 65.5 Å². The van der Waals surface area contributed by atoms with Crippen molar-refractivity contribution in [3.63, 3.8) is 0 Å². The van der Waals surface area contributed by atoms with Crippen molar-refractivity contribution in [2.24, 2.45) is 11.7 Å². The van der Waals surface area contributed by atoms with E-state index in [9.17, 15) is 14.0 Å². The van der Waals surface area contributed by atoms with Crippen LogP contribution in [-0.4, -0.2) is 25.0 Å². The third-order valence-corrected chi connectivity index (χ3v) is 4.61. The van der Waals surface area contributed by atoms with Crippen LogP contribution in [0.15, 0.2) is 48.5 Å². The first-order chi connectivity index (χ1) is 12.5. The number of ether oxygens (including phenoxy) is 1. The van der Waals surface area contributed by atoms with Crippen molar-refractivity contribution in [1.82, 2.24) is 0 Å². The molecule has 2 aromatic carbocycles. The number of esters is 1. The van der Waals surface area contributed by atoms with Gasteiger partial charge in [-0.1, -0.05) is 18.2 Å². The number of benzene rings is 2. The highest BCUT2D eigenvalue weighted by molar-refractivity contribution is 5.89. The lowest BCUT2D eigenvalue weighted by Gasteiger charge is -2.33. The molecule has 2 aromatic rings. The fraction of sp³-hybridized carbons (Fsp3) is 0.300. The van der Waals surface area contributed by atoms with Crippen LogP contribution in [0.1, 0.15) is 28.8 Å². The average molecular weight is 356 g/mol. The van der Waals surface area contributed by atoms with Gasteiger partial charge in [0, 0.05) is 24.3 Å². The van der Waals surface area contributed by atoms with Crippen molar-refractivity contribution in [2.45, 2.75) is 19.4 Å². The van der Waals surface area contributed by atoms with Crippen molar-refractivity contribution in [1.29, 1.82) is 0 Å². The van der Waals surface area contributed by atoms with Crippen molar-refractivity contribution < 1.29 is 18.7 Å². The number of rotatable bonds is 5. The highest BCUT2D eigenvalue weighted by Gasteiger charge is 2.24. The number of carbonyl (C=O) groups excluding carboxylic acids is 2. The van der Waals surface area contributed by atoms with Crippen LogP contribution in [0.4, 0.5) is 10.1 Å². The first-order valence-corrected chi connectivity index (χ1v) is 8.59. The van der Waals surface area contributed by atoms with Crippen molar-refractivity contribution in [3.8, 4) is 0 Å². The Morgan fingerprint density at radius 3 is 2.58 bits per heavy atom. The molecule has 0 unspecified atom stereocenters. The van der Waals surface area contributed by atoms with Gasteiger partial charge in [-0.05, 0) is 43.2 Å². The van der Waals surface area contributed by atoms with Crippen LogP contribution in [0.25, 0.3) is 0 Å². The van der Waals surface area contributed by atoms with E-state index in [1.54, 1.807) is 30.3 Å². The Bertz CT molecular complexity index is 792. The van der Waals surface area contributed by atoms with E-state index < -0.39 is 11.8 Å². The molecule has 2 N–H and O–H groups in total. The van der Waals surface area contributed by atoms with Gasteiger partial charge in [0.2, 0.25) is 5.91 Å². The Kier molecular flexibility index (Phi) is 5.51. The lowest BCUT2D eigenvalue weighted by molar-refractivity contribution is -0.122. The molecule has 1 fully saturated rings. The second kappa shape index (κ2) is 7.99. The molecule has 0 aliphatic carbocycles. The second-order valence-electron chi connectivity index (χ2n) is 6.40. The number of nitrogens with zero attached hydrogens (tertiary/aromatic N) is 1. The van der Waals surface area contributed by atoms with E-state index in [2.05, 4.69) is 4.90 Å². The second-order valence-corrected chi connectivity index (χ2v) is 6.40. The smallest absolute Gasteiger partial charge is 0.338 e. The van der Waals surface area contributed by atoms with Crippen LogP contribution in [0.3, 0.4) is 0 Å². The van der Waals surface area contributed by atoms with E-state index in [1.807, 2.05) is 12.1 Å². The topological polar surface area (TPSA) is 72.6 Å². The first kappa shape index (κ1) is 17.9. The maximum absolute atomic E-state index is 13.6. The summed E-state index contributed by atoms with van der Waals surface area (Å²) in [7, 11) is 0. The molecule has 3 rings (SSSR count). The quantitative estimate of drug-likeness (QED) is 0.836. The number of hydrogen-bond acceptors (Lipinski definition) is 4. The third-order valence-electron chi connectivity index (χ3n) is 4.61. The minimum Gasteiger partial charge on any atom is -0.457 e. The molecule has 0 aromatic heterocycles. The summed E-state index contributed by atoms with van der Waals surface area (Å²) in [5.74, 6) is -1.32. The van der Waals surface area contributed by atoms with E-state index in [0.717, 1.165) is 25.1 Å². The summed E-state index contributed by atoms with van der Waals surface area (Å²) in [6, 6.07) is 13.2. The highest BCUT2D eigenvalue weighted by atomic mass is 19.1. The van der Waals surface area contributed by atoms with Gasteiger partial charge < -0.3 is 15.4 Å². The molecule has 1 heterocycles. The molecule has 1 aliphatic heterocycles. The SMILES string of the molecule is NC(=O)[C@@H]1CCCN(c2ccc(C(=O)OCc3ccccc3F)cc2)C1. The lowest BCUT2D eigenvalue weighted by Crippen LogP contribution is -2.41. The summed E-state index contributed by atoms with van der Waals surface area (Å²) in [5.41, 5.74) is 7.07. The fourth-order valence-electron chi connectivity index (χ4n) is 3.09. The molecule has 1 atom stereocenters. The van der Waals surface area contributed by atoms with E-state index in [4.69, 9.17) is 10.5 Å². The molecule has 6 heteroatoms. The summed E-state index contributed by atoms with van der Waals surface area (Å²) in [6.07, 6.45) is 1.71. The molecule has 1 amide bonds. The Labute approximate surface area is 151 Å². The van der Waals surface area contributed by atoms with Gasteiger partial charge in [-0.25, -0.2) is 9.18 Å². The standard InChI is InChI=1S/C20H21FN2O3/c21-18-6-2-1-4-16(18)13-26-20(25)14-7-9-17(10-8-14)23-11-3-5-15(12-23)19(22)24/h1-2,4,6-10,15H,3,5,11-13H2,(H2,22,24)/t15-/m1/s1. The van der Waals surface area contributed by atoms with E-state index in [-0.39, 0.29) is 18.4 Å². The average Bonchev–Trinajstić information content (AvgIpc) is 2.67. The molecule has 26 heavy (non-hydrogen) atoms. The summed E-state index contributed by atoms with van der Waals surface area (Å²) in [5, 5.41) is 0. The highest BCUT2D eigenvalue weighted by Crippen LogP contribution is 2.23. The maximum Gasteiger partial charge on any atom is 0.338 e. The normalized spacial score (nSPS) is 17.0. The van der Waals surface area contributed by atoms with Crippen LogP contribution >= 0.6 is 0 Å². The molecule has 0 bridgehead atoms. The van der Waals surface area contributed by atoms with Gasteiger partial charge in [-0.2, -0.15) is 0 Å². The number of halogens is 1. The molecule has 5 nitrogen and oxygen atoms in total. The van der Waals surface area contributed by atoms with Gasteiger partial charge >= 0.3 is 5.97 Å². The summed E-state index contributed by atoms with van der Waals surface area (Å²) < 4.78 is 18.7. The van der Waals surface area contributed by atoms with Crippen molar-refractivity contribution >= 4 is 17.6 Å². The minimum atomic E-state index is -0.506. The van der Waals surface area contributed by atoms with Gasteiger partial charge in [0.1, 0.15) is 12.4 Å². The number of primary amides is 1. The largest absolute Gasteiger partial charge is 0.457 e. The minimum absolute atomic E-state index is 0.111. The Morgan fingerprint density at radius 2 is 1.88 bits per heavy atom. The Balaban J connectivity index is 1.61. The lowest BCUT2D eigenvalue weighted by atomic mass is 9.97. The van der Waals surface area contributed by atoms with Crippen LogP contribution in [0, 0.1) is 11.7 Å². The number of amides is 1. The Hall–Kier alpha value is -2.89. The van der Waals surface area contributed by atoms with Crippen LogP contribution in [0.2, 0.25) is 0 Å². The zero-order valence-corrected chi connectivity index (χ0v) is 14.4. The molecular formula is C20H21FN2O3. The van der Waals surface area contributed by atoms with Gasteiger partial charge in [0.05, 0.1) is 11.5 Å². The number of hydrogen-bond donors (Lipinski definition) is 1. The number of carbonyl (C=O) groups is 2. The number of piperidine rings is 1. The monoisotopic (exact) mass is 356 g/mol. The van der Waals surface area contributed by atoms with Crippen LogP contribution < -0.4 is 10.6 Å². The van der Waals surface area contributed by atoms with Gasteiger partial charge in [-0.15, -0.1) is 0 Å². The van der Waals surface area contributed by atoms with E-state index in [0.29, 0.717) is 17.7 Å². The summed E-state index contributed by atoms with van der Waals surface area (Å²) in [4.78, 5) is 25.6. The third kappa shape index (κ3) is 4.20. The first-order valence-electron chi connectivity index (χ1n) is 8.59. The number of nitrogens with two attached hydrogens (primary N) is 1. The van der Waals surface area contributed by atoms with E-state index in [1.165, 1.54) is 6.07 Å². The summed E-state index contributed by atoms with van der Waals surface area (Å²) in [6.45, 7) is 1.33. The maximum atomic E-state index is 13.6. The van der Waals surface area contributed by atoms with Crippen LogP contribution in [-0.2, 0) is 16.1 Å². The molecule has 1 saturated heterocycles. The molecule has 0 saturated carbocycles. The predicted octanol–water partition coefficient (Wildman–Crippen LogP) is 2.88. The fourth-order valence-corrected chi connectivity index (χ4v) is 3.09.